The van der Waals surface area contributed by atoms with Gasteiger partial charge in [-0.05, 0) is 74.8 Å². The minimum absolute atomic E-state index is 0.109. The van der Waals surface area contributed by atoms with Crippen LogP contribution in [-0.4, -0.2) is 55.3 Å². The highest BCUT2D eigenvalue weighted by Crippen LogP contribution is 2.41. The Morgan fingerprint density at radius 3 is 0.911 bits per heavy atom. The number of phenols is 2. The third-order valence-corrected chi connectivity index (χ3v) is 7.09. The Morgan fingerprint density at radius 2 is 0.778 bits per heavy atom. The van der Waals surface area contributed by atoms with Crippen molar-refractivity contribution in [3.63, 3.8) is 0 Å². The van der Waals surface area contributed by atoms with Gasteiger partial charge in [0.15, 0.2) is 0 Å². The number of phenolic OH excluding ortho intramolecular Hbond substituents is 2. The molecule has 0 aromatic heterocycles. The Bertz CT molecular complexity index is 1100. The minimum Gasteiger partial charge on any atom is -0.507 e. The van der Waals surface area contributed by atoms with Gasteiger partial charge in [-0.1, -0.05) is 107 Å². The van der Waals surface area contributed by atoms with Crippen LogP contribution < -0.4 is 0 Å². The van der Waals surface area contributed by atoms with Crippen molar-refractivity contribution >= 4 is 11.9 Å². The molecule has 0 saturated heterocycles. The second kappa shape index (κ2) is 16.5. The number of aryl methyl sites for hydroxylation is 2. The molecule has 45 heavy (non-hydrogen) atoms. The molecule has 2 aromatic carbocycles. The van der Waals surface area contributed by atoms with E-state index in [1.54, 1.807) is 0 Å². The molecular weight excluding hydrogens is 572 g/mol. The van der Waals surface area contributed by atoms with Crippen LogP contribution in [0.15, 0.2) is 24.3 Å². The number of aliphatic hydroxyl groups is 2. The highest BCUT2D eigenvalue weighted by Gasteiger charge is 2.28. The maximum absolute atomic E-state index is 10.8. The molecule has 0 aliphatic carbocycles. The fourth-order valence-corrected chi connectivity index (χ4v) is 4.47. The molecule has 8 heteroatoms. The molecule has 6 N–H and O–H groups in total. The lowest BCUT2D eigenvalue weighted by molar-refractivity contribution is -0.138. The van der Waals surface area contributed by atoms with Crippen LogP contribution in [0.2, 0.25) is 0 Å². The molecule has 0 amide bonds. The zero-order valence-electron chi connectivity index (χ0n) is 29.9. The normalized spacial score (nSPS) is 12.8. The summed E-state index contributed by atoms with van der Waals surface area (Å²) >= 11 is 0. The average molecular weight is 633 g/mol. The summed E-state index contributed by atoms with van der Waals surface area (Å²) in [5.74, 6) is -0.923. The van der Waals surface area contributed by atoms with Crippen molar-refractivity contribution < 1.29 is 40.2 Å². The van der Waals surface area contributed by atoms with Crippen LogP contribution >= 0.6 is 0 Å². The molecule has 0 spiro atoms. The van der Waals surface area contributed by atoms with Crippen molar-refractivity contribution in [3.05, 3.63) is 57.6 Å². The Hall–Kier alpha value is -3.10. The SMILES string of the molecule is CC(C)(C)c1cc(CCC(=O)O)cc(C(C)(C)C)c1O.CC(C)(C)c1cc(CCC(=O)O)cc(C(C)(C)C)c1O.CC(O)CO. The highest BCUT2D eigenvalue weighted by atomic mass is 16.4. The maximum atomic E-state index is 10.8. The fraction of sp³-hybridized carbons (Fsp3) is 0.622. The van der Waals surface area contributed by atoms with Crippen LogP contribution in [0.5, 0.6) is 11.5 Å². The smallest absolute Gasteiger partial charge is 0.303 e. The predicted molar refractivity (Wildman–Crippen MR) is 182 cm³/mol. The van der Waals surface area contributed by atoms with Gasteiger partial charge in [0.05, 0.1) is 12.7 Å². The monoisotopic (exact) mass is 632 g/mol. The zero-order valence-corrected chi connectivity index (χ0v) is 29.9. The first-order valence-corrected chi connectivity index (χ1v) is 15.6. The summed E-state index contributed by atoms with van der Waals surface area (Å²) in [4.78, 5) is 21.5. The number of carbonyl (C=O) groups is 2. The Balaban J connectivity index is 0.000000748. The number of aliphatic carboxylic acids is 2. The average Bonchev–Trinajstić information content (AvgIpc) is 2.85. The first kappa shape index (κ1) is 41.9. The minimum atomic E-state index is -0.798. The number of carboxylic acids is 2. The zero-order chi connectivity index (χ0) is 35.7. The van der Waals surface area contributed by atoms with Crippen LogP contribution in [-0.2, 0) is 44.1 Å². The quantitative estimate of drug-likeness (QED) is 0.185. The number of hydrogen-bond acceptors (Lipinski definition) is 6. The Kier molecular flexibility index (Phi) is 15.3. The lowest BCUT2D eigenvalue weighted by Crippen LogP contribution is -2.18. The molecule has 0 bridgehead atoms. The molecule has 2 rings (SSSR count). The van der Waals surface area contributed by atoms with Gasteiger partial charge in [-0.2, -0.15) is 0 Å². The molecule has 0 saturated carbocycles. The summed E-state index contributed by atoms with van der Waals surface area (Å²) in [6.07, 6.45) is 0.634. The van der Waals surface area contributed by atoms with E-state index in [-0.39, 0.29) is 41.1 Å². The van der Waals surface area contributed by atoms with Gasteiger partial charge in [0.25, 0.3) is 0 Å². The first-order valence-electron chi connectivity index (χ1n) is 15.6. The summed E-state index contributed by atoms with van der Waals surface area (Å²) in [6, 6.07) is 7.75. The Labute approximate surface area is 271 Å². The molecule has 0 aliphatic heterocycles. The van der Waals surface area contributed by atoms with Crippen molar-refractivity contribution in [1.29, 1.82) is 0 Å². The predicted octanol–water partition coefficient (Wildman–Crippen LogP) is 7.37. The van der Waals surface area contributed by atoms with Gasteiger partial charge in [0, 0.05) is 12.8 Å². The number of aliphatic hydroxyl groups excluding tert-OH is 2. The van der Waals surface area contributed by atoms with Crippen LogP contribution in [0.3, 0.4) is 0 Å². The van der Waals surface area contributed by atoms with E-state index in [0.29, 0.717) is 24.3 Å². The summed E-state index contributed by atoms with van der Waals surface area (Å²) in [6.45, 7) is 26.0. The molecule has 0 radical (unpaired) electrons. The van der Waals surface area contributed by atoms with Crippen LogP contribution in [0.25, 0.3) is 0 Å². The molecule has 0 aliphatic rings. The van der Waals surface area contributed by atoms with Crippen molar-refractivity contribution in [1.82, 2.24) is 0 Å². The van der Waals surface area contributed by atoms with E-state index in [2.05, 4.69) is 83.1 Å². The number of benzene rings is 2. The van der Waals surface area contributed by atoms with E-state index in [0.717, 1.165) is 33.4 Å². The fourth-order valence-electron chi connectivity index (χ4n) is 4.47. The van der Waals surface area contributed by atoms with Crippen LogP contribution in [0, 0.1) is 0 Å². The van der Waals surface area contributed by atoms with E-state index in [1.165, 1.54) is 6.92 Å². The molecule has 2 aromatic rings. The summed E-state index contributed by atoms with van der Waals surface area (Å²) in [7, 11) is 0. The van der Waals surface area contributed by atoms with Crippen LogP contribution in [0.1, 0.15) is 136 Å². The van der Waals surface area contributed by atoms with E-state index in [9.17, 15) is 19.8 Å². The van der Waals surface area contributed by atoms with E-state index in [1.807, 2.05) is 24.3 Å². The second-order valence-corrected chi connectivity index (χ2v) is 15.9. The summed E-state index contributed by atoms with van der Waals surface area (Å²) in [5, 5.41) is 54.8. The number of carboxylic acid groups (broad SMARTS) is 2. The molecule has 1 unspecified atom stereocenters. The lowest BCUT2D eigenvalue weighted by Gasteiger charge is -2.28. The third-order valence-electron chi connectivity index (χ3n) is 7.09. The highest BCUT2D eigenvalue weighted by molar-refractivity contribution is 5.67. The second-order valence-electron chi connectivity index (χ2n) is 15.9. The van der Waals surface area contributed by atoms with Gasteiger partial charge in [0.1, 0.15) is 11.5 Å². The van der Waals surface area contributed by atoms with Gasteiger partial charge in [-0.15, -0.1) is 0 Å². The van der Waals surface area contributed by atoms with Crippen molar-refractivity contribution in [3.8, 4) is 11.5 Å². The van der Waals surface area contributed by atoms with Crippen molar-refractivity contribution in [2.45, 2.75) is 143 Å². The van der Waals surface area contributed by atoms with Crippen LogP contribution in [0.4, 0.5) is 0 Å². The molecular formula is C37H60O8. The molecule has 256 valence electrons. The van der Waals surface area contributed by atoms with Gasteiger partial charge >= 0.3 is 11.9 Å². The van der Waals surface area contributed by atoms with E-state index < -0.39 is 18.0 Å². The molecule has 0 heterocycles. The van der Waals surface area contributed by atoms with Gasteiger partial charge < -0.3 is 30.6 Å². The molecule has 8 nitrogen and oxygen atoms in total. The molecule has 1 atom stereocenters. The lowest BCUT2D eigenvalue weighted by atomic mass is 9.78. The standard InChI is InChI=1S/2C17H26O3.C3H8O2/c2*1-16(2,3)12-9-11(7-8-14(18)19)10-13(15(12)20)17(4,5)6;1-3(5)2-4/h2*9-10,20H,7-8H2,1-6H3,(H,18,19);3-5H,2H2,1H3. The van der Waals surface area contributed by atoms with Gasteiger partial charge in [-0.25, -0.2) is 0 Å². The number of rotatable bonds is 7. The molecule has 0 fully saturated rings. The summed E-state index contributed by atoms with van der Waals surface area (Å²) in [5.41, 5.74) is 4.76. The topological polar surface area (TPSA) is 156 Å². The van der Waals surface area contributed by atoms with Gasteiger partial charge in [-0.3, -0.25) is 9.59 Å². The van der Waals surface area contributed by atoms with Crippen molar-refractivity contribution in [2.75, 3.05) is 6.61 Å². The summed E-state index contributed by atoms with van der Waals surface area (Å²) < 4.78 is 0. The van der Waals surface area contributed by atoms with Crippen molar-refractivity contribution in [2.24, 2.45) is 0 Å². The maximum Gasteiger partial charge on any atom is 0.303 e. The van der Waals surface area contributed by atoms with Gasteiger partial charge in [0.2, 0.25) is 0 Å². The van der Waals surface area contributed by atoms with E-state index in [4.69, 9.17) is 20.4 Å². The Morgan fingerprint density at radius 1 is 0.578 bits per heavy atom. The largest absolute Gasteiger partial charge is 0.507 e. The third kappa shape index (κ3) is 14.7. The van der Waals surface area contributed by atoms with E-state index >= 15 is 0 Å². The number of aromatic hydroxyl groups is 2. The number of hydrogen-bond donors (Lipinski definition) is 6. The first-order chi connectivity index (χ1) is 20.1.